The van der Waals surface area contributed by atoms with Crippen molar-refractivity contribution in [3.05, 3.63) is 24.3 Å². The molecule has 4 nitrogen and oxygen atoms in total. The van der Waals surface area contributed by atoms with Crippen molar-refractivity contribution in [2.45, 2.75) is 36.7 Å². The van der Waals surface area contributed by atoms with Crippen molar-refractivity contribution in [3.8, 4) is 0 Å². The third-order valence-corrected chi connectivity index (χ3v) is 4.21. The molecule has 8 heteroatoms. The van der Waals surface area contributed by atoms with Gasteiger partial charge in [0.1, 0.15) is 5.54 Å². The lowest BCUT2D eigenvalue weighted by atomic mass is 10.0. The van der Waals surface area contributed by atoms with Gasteiger partial charge >= 0.3 is 11.5 Å². The molecule has 1 fully saturated rings. The number of imide groups is 1. The minimum Gasteiger partial charge on any atom is -0.310 e. The normalized spacial score (nSPS) is 18.3. The molecule has 0 radical (unpaired) electrons. The van der Waals surface area contributed by atoms with Crippen LogP contribution in [0.25, 0.3) is 0 Å². The number of anilines is 1. The standard InChI is InChI=1S/C14H15F3N2O2S/c1-4-18-12(21)19(11(20)13(18,2)3)9-5-7-10(8-6-9)22-14(15,16)17/h5-8H,4H2,1-3H3. The first-order chi connectivity index (χ1) is 10.1. The summed E-state index contributed by atoms with van der Waals surface area (Å²) in [6.45, 7) is 5.42. The van der Waals surface area contributed by atoms with Crippen molar-refractivity contribution < 1.29 is 22.8 Å². The zero-order chi connectivity index (χ0) is 16.7. The van der Waals surface area contributed by atoms with Crippen LogP contribution in [0.4, 0.5) is 23.7 Å². The molecule has 2 rings (SSSR count). The van der Waals surface area contributed by atoms with E-state index < -0.39 is 23.0 Å². The number of carbonyl (C=O) groups is 2. The van der Waals surface area contributed by atoms with Crippen molar-refractivity contribution in [2.75, 3.05) is 11.4 Å². The number of urea groups is 1. The summed E-state index contributed by atoms with van der Waals surface area (Å²) in [5.74, 6) is -0.393. The second-order valence-corrected chi connectivity index (χ2v) is 6.41. The average Bonchev–Trinajstić information content (AvgIpc) is 2.55. The van der Waals surface area contributed by atoms with Crippen LogP contribution in [0.5, 0.6) is 0 Å². The summed E-state index contributed by atoms with van der Waals surface area (Å²) in [6.07, 6.45) is 0. The fraction of sp³-hybridized carbons (Fsp3) is 0.429. The van der Waals surface area contributed by atoms with E-state index in [4.69, 9.17) is 0 Å². The van der Waals surface area contributed by atoms with Crippen LogP contribution in [-0.4, -0.2) is 34.4 Å². The number of alkyl halides is 3. The number of rotatable bonds is 3. The van der Waals surface area contributed by atoms with Gasteiger partial charge in [0, 0.05) is 11.4 Å². The van der Waals surface area contributed by atoms with E-state index in [9.17, 15) is 22.8 Å². The van der Waals surface area contributed by atoms with Gasteiger partial charge in [-0.25, -0.2) is 9.69 Å². The summed E-state index contributed by atoms with van der Waals surface area (Å²) < 4.78 is 36.9. The summed E-state index contributed by atoms with van der Waals surface area (Å²) in [6, 6.07) is 4.72. The first-order valence-corrected chi connectivity index (χ1v) is 7.41. The SMILES string of the molecule is CCN1C(=O)N(c2ccc(SC(F)(F)F)cc2)C(=O)C1(C)C. The zero-order valence-corrected chi connectivity index (χ0v) is 13.1. The first-order valence-electron chi connectivity index (χ1n) is 6.60. The molecule has 0 N–H and O–H groups in total. The molecular formula is C14H15F3N2O2S. The van der Waals surface area contributed by atoms with E-state index >= 15 is 0 Å². The molecule has 1 aromatic rings. The molecule has 0 saturated carbocycles. The number of carbonyl (C=O) groups excluding carboxylic acids is 2. The molecule has 0 unspecified atom stereocenters. The second-order valence-electron chi connectivity index (χ2n) is 5.27. The maximum atomic E-state index is 12.4. The lowest BCUT2D eigenvalue weighted by Crippen LogP contribution is -2.43. The van der Waals surface area contributed by atoms with Gasteiger partial charge in [-0.2, -0.15) is 13.2 Å². The van der Waals surface area contributed by atoms with Crippen LogP contribution < -0.4 is 4.90 Å². The third kappa shape index (κ3) is 2.92. The van der Waals surface area contributed by atoms with Crippen LogP contribution in [0.1, 0.15) is 20.8 Å². The largest absolute Gasteiger partial charge is 0.446 e. The number of benzene rings is 1. The van der Waals surface area contributed by atoms with Crippen molar-refractivity contribution in [3.63, 3.8) is 0 Å². The number of thioether (sulfide) groups is 1. The number of hydrogen-bond donors (Lipinski definition) is 0. The molecule has 1 aromatic carbocycles. The van der Waals surface area contributed by atoms with E-state index in [1.807, 2.05) is 0 Å². The second kappa shape index (κ2) is 5.49. The Morgan fingerprint density at radius 2 is 1.68 bits per heavy atom. The van der Waals surface area contributed by atoms with E-state index in [0.29, 0.717) is 6.54 Å². The predicted octanol–water partition coefficient (Wildman–Crippen LogP) is 3.87. The highest BCUT2D eigenvalue weighted by Gasteiger charge is 2.51. The molecule has 1 aliphatic heterocycles. The van der Waals surface area contributed by atoms with Gasteiger partial charge in [-0.15, -0.1) is 0 Å². The Kier molecular flexibility index (Phi) is 4.16. The monoisotopic (exact) mass is 332 g/mol. The maximum absolute atomic E-state index is 12.4. The Hall–Kier alpha value is -1.70. The van der Waals surface area contributed by atoms with Crippen LogP contribution in [-0.2, 0) is 4.79 Å². The van der Waals surface area contributed by atoms with Gasteiger partial charge < -0.3 is 4.90 Å². The topological polar surface area (TPSA) is 40.6 Å². The van der Waals surface area contributed by atoms with Crippen molar-refractivity contribution in [2.24, 2.45) is 0 Å². The minimum absolute atomic E-state index is 0.00181. The fourth-order valence-electron chi connectivity index (χ4n) is 2.39. The molecule has 0 spiro atoms. The van der Waals surface area contributed by atoms with Crippen LogP contribution in [0.3, 0.4) is 0 Å². The van der Waals surface area contributed by atoms with Crippen molar-refractivity contribution in [1.82, 2.24) is 4.90 Å². The number of nitrogens with zero attached hydrogens (tertiary/aromatic N) is 2. The maximum Gasteiger partial charge on any atom is 0.446 e. The van der Waals surface area contributed by atoms with Crippen LogP contribution in [0, 0.1) is 0 Å². The summed E-state index contributed by atoms with van der Waals surface area (Å²) in [5, 5.41) is 0. The number of likely N-dealkylation sites (N-methyl/N-ethyl adjacent to an activating group) is 1. The smallest absolute Gasteiger partial charge is 0.310 e. The quantitative estimate of drug-likeness (QED) is 0.623. The summed E-state index contributed by atoms with van der Waals surface area (Å²) in [5.41, 5.74) is -5.07. The van der Waals surface area contributed by atoms with Gasteiger partial charge in [0.2, 0.25) is 0 Å². The van der Waals surface area contributed by atoms with Gasteiger partial charge in [0.25, 0.3) is 5.91 Å². The van der Waals surface area contributed by atoms with E-state index in [1.54, 1.807) is 20.8 Å². The van der Waals surface area contributed by atoms with E-state index in [2.05, 4.69) is 0 Å². The lowest BCUT2D eigenvalue weighted by molar-refractivity contribution is -0.123. The summed E-state index contributed by atoms with van der Waals surface area (Å²) in [4.78, 5) is 27.2. The van der Waals surface area contributed by atoms with Crippen molar-refractivity contribution >= 4 is 29.4 Å². The Morgan fingerprint density at radius 3 is 2.09 bits per heavy atom. The van der Waals surface area contributed by atoms with Crippen molar-refractivity contribution in [1.29, 1.82) is 0 Å². The van der Waals surface area contributed by atoms with Crippen LogP contribution in [0.15, 0.2) is 29.2 Å². The molecule has 1 saturated heterocycles. The molecule has 1 aliphatic rings. The van der Waals surface area contributed by atoms with E-state index in [-0.39, 0.29) is 22.3 Å². The van der Waals surface area contributed by atoms with Gasteiger partial charge in [0.15, 0.2) is 0 Å². The molecule has 0 aromatic heterocycles. The molecule has 0 bridgehead atoms. The molecule has 120 valence electrons. The number of amides is 3. The number of halogens is 3. The van der Waals surface area contributed by atoms with Crippen LogP contribution >= 0.6 is 11.8 Å². The fourth-order valence-corrected chi connectivity index (χ4v) is 2.93. The highest BCUT2D eigenvalue weighted by molar-refractivity contribution is 8.00. The van der Waals surface area contributed by atoms with E-state index in [1.165, 1.54) is 29.2 Å². The Balaban J connectivity index is 2.29. The van der Waals surface area contributed by atoms with E-state index in [0.717, 1.165) is 4.90 Å². The predicted molar refractivity (Wildman–Crippen MR) is 77.7 cm³/mol. The van der Waals surface area contributed by atoms with Gasteiger partial charge in [0.05, 0.1) is 5.69 Å². The zero-order valence-electron chi connectivity index (χ0n) is 12.3. The average molecular weight is 332 g/mol. The molecular weight excluding hydrogens is 317 g/mol. The first kappa shape index (κ1) is 16.7. The summed E-state index contributed by atoms with van der Waals surface area (Å²) in [7, 11) is 0. The van der Waals surface area contributed by atoms with Gasteiger partial charge in [-0.1, -0.05) is 0 Å². The molecule has 0 atom stereocenters. The third-order valence-electron chi connectivity index (χ3n) is 3.47. The van der Waals surface area contributed by atoms with Gasteiger partial charge in [-0.05, 0) is 56.8 Å². The minimum atomic E-state index is -4.37. The van der Waals surface area contributed by atoms with Gasteiger partial charge in [-0.3, -0.25) is 4.79 Å². The highest BCUT2D eigenvalue weighted by atomic mass is 32.2. The molecule has 1 heterocycles. The Bertz CT molecular complexity index is 599. The highest BCUT2D eigenvalue weighted by Crippen LogP contribution is 2.38. The Labute approximate surface area is 130 Å². The molecule has 3 amide bonds. The number of hydrogen-bond acceptors (Lipinski definition) is 3. The summed E-state index contributed by atoms with van der Waals surface area (Å²) >= 11 is -0.240. The Morgan fingerprint density at radius 1 is 1.14 bits per heavy atom. The molecule has 0 aliphatic carbocycles. The molecule has 22 heavy (non-hydrogen) atoms. The lowest BCUT2D eigenvalue weighted by Gasteiger charge is -2.25. The van der Waals surface area contributed by atoms with Crippen LogP contribution in [0.2, 0.25) is 0 Å².